The molecule has 4 rings (SSSR count). The van der Waals surface area contributed by atoms with Gasteiger partial charge in [0.05, 0.1) is 4.90 Å². The maximum absolute atomic E-state index is 13.0. The lowest BCUT2D eigenvalue weighted by Crippen LogP contribution is -2.42. The third-order valence-electron chi connectivity index (χ3n) is 5.23. The number of furan rings is 1. The Balaban J connectivity index is 1.49. The van der Waals surface area contributed by atoms with Crippen molar-refractivity contribution in [3.05, 3.63) is 60.4 Å². The van der Waals surface area contributed by atoms with E-state index >= 15 is 0 Å². The van der Waals surface area contributed by atoms with E-state index in [0.29, 0.717) is 36.2 Å². The lowest BCUT2D eigenvalue weighted by atomic mass is 9.94. The van der Waals surface area contributed by atoms with E-state index in [0.717, 1.165) is 11.8 Å². The van der Waals surface area contributed by atoms with Gasteiger partial charge in [-0.2, -0.15) is 4.31 Å². The highest BCUT2D eigenvalue weighted by atomic mass is 32.2. The van der Waals surface area contributed by atoms with Crippen LogP contribution in [0.3, 0.4) is 0 Å². The van der Waals surface area contributed by atoms with Gasteiger partial charge in [0, 0.05) is 24.2 Å². The van der Waals surface area contributed by atoms with Gasteiger partial charge in [0.25, 0.3) is 5.91 Å². The van der Waals surface area contributed by atoms with E-state index in [-0.39, 0.29) is 16.6 Å². The molecule has 2 aromatic carbocycles. The molecule has 29 heavy (non-hydrogen) atoms. The van der Waals surface area contributed by atoms with Gasteiger partial charge < -0.3 is 9.73 Å². The molecule has 0 saturated carbocycles. The van der Waals surface area contributed by atoms with Crippen molar-refractivity contribution in [3.8, 4) is 0 Å². The normalized spacial score (nSPS) is 20.6. The van der Waals surface area contributed by atoms with Crippen LogP contribution in [-0.2, 0) is 10.0 Å². The Kier molecular flexibility index (Phi) is 5.19. The molecule has 152 valence electrons. The minimum Gasteiger partial charge on any atom is -0.451 e. The number of nitrogens with one attached hydrogen (secondary N) is 1. The Morgan fingerprint density at radius 3 is 2.34 bits per heavy atom. The van der Waals surface area contributed by atoms with Crippen LogP contribution in [0.15, 0.2) is 63.9 Å². The molecule has 0 bridgehead atoms. The first-order valence-corrected chi connectivity index (χ1v) is 11.2. The number of sulfonamides is 1. The minimum atomic E-state index is -3.54. The van der Waals surface area contributed by atoms with E-state index in [1.807, 2.05) is 18.2 Å². The molecule has 0 aliphatic carbocycles. The summed E-state index contributed by atoms with van der Waals surface area (Å²) < 4.78 is 33.0. The number of hydrogen-bond donors (Lipinski definition) is 1. The predicted octanol–water partition coefficient (Wildman–Crippen LogP) is 4.35. The number of nitrogens with zero attached hydrogens (tertiary/aromatic N) is 1. The van der Waals surface area contributed by atoms with Crippen LogP contribution in [0, 0.1) is 11.8 Å². The van der Waals surface area contributed by atoms with E-state index in [1.165, 1.54) is 12.1 Å². The lowest BCUT2D eigenvalue weighted by Gasteiger charge is -2.34. The van der Waals surface area contributed by atoms with Gasteiger partial charge in [-0.25, -0.2) is 8.42 Å². The molecule has 1 N–H and O–H groups in total. The van der Waals surface area contributed by atoms with Gasteiger partial charge >= 0.3 is 0 Å². The first kappa shape index (κ1) is 19.7. The number of hydrogen-bond acceptors (Lipinski definition) is 4. The maximum atomic E-state index is 13.0. The molecule has 6 nitrogen and oxygen atoms in total. The van der Waals surface area contributed by atoms with Gasteiger partial charge in [0.2, 0.25) is 10.0 Å². The van der Waals surface area contributed by atoms with E-state index in [1.54, 1.807) is 28.6 Å². The number of anilines is 1. The minimum absolute atomic E-state index is 0.208. The maximum Gasteiger partial charge on any atom is 0.291 e. The smallest absolute Gasteiger partial charge is 0.291 e. The molecule has 3 aromatic rings. The average Bonchev–Trinajstić information content (AvgIpc) is 3.12. The Labute approximate surface area is 170 Å². The molecule has 1 aliphatic rings. The lowest BCUT2D eigenvalue weighted by molar-refractivity contribution is 0.0998. The van der Waals surface area contributed by atoms with E-state index in [9.17, 15) is 13.2 Å². The third-order valence-corrected chi connectivity index (χ3v) is 7.08. The van der Waals surface area contributed by atoms with Crippen LogP contribution in [0.5, 0.6) is 0 Å². The Hall–Kier alpha value is -2.64. The Morgan fingerprint density at radius 2 is 1.69 bits per heavy atom. The Bertz CT molecular complexity index is 1090. The molecule has 2 atom stereocenters. The van der Waals surface area contributed by atoms with Crippen LogP contribution < -0.4 is 5.32 Å². The molecule has 2 heterocycles. The fraction of sp³-hybridized carbons (Fsp3) is 0.318. The Morgan fingerprint density at radius 1 is 1.03 bits per heavy atom. The van der Waals surface area contributed by atoms with Crippen molar-refractivity contribution < 1.29 is 17.6 Å². The highest BCUT2D eigenvalue weighted by Crippen LogP contribution is 2.27. The summed E-state index contributed by atoms with van der Waals surface area (Å²) >= 11 is 0. The summed E-state index contributed by atoms with van der Waals surface area (Å²) in [5, 5.41) is 3.60. The fourth-order valence-corrected chi connectivity index (χ4v) is 5.63. The number of fused-ring (bicyclic) bond motifs is 1. The number of carbonyl (C=O) groups excluding carboxylic acids is 1. The van der Waals surface area contributed by atoms with Crippen LogP contribution in [0.4, 0.5) is 5.69 Å². The van der Waals surface area contributed by atoms with Crippen molar-refractivity contribution in [1.82, 2.24) is 4.31 Å². The second-order valence-corrected chi connectivity index (χ2v) is 9.83. The molecule has 0 radical (unpaired) electrons. The summed E-state index contributed by atoms with van der Waals surface area (Å²) in [4.78, 5) is 12.7. The predicted molar refractivity (Wildman–Crippen MR) is 112 cm³/mol. The number of para-hydroxylation sites is 1. The second-order valence-electron chi connectivity index (χ2n) is 7.90. The van der Waals surface area contributed by atoms with Gasteiger partial charge in [0.15, 0.2) is 5.76 Å². The zero-order valence-corrected chi connectivity index (χ0v) is 17.3. The second kappa shape index (κ2) is 7.65. The van der Waals surface area contributed by atoms with Crippen molar-refractivity contribution in [2.45, 2.75) is 25.2 Å². The SMILES string of the molecule is C[C@@H]1C[C@H](C)CN(S(=O)(=O)c2ccc(NC(=O)c3cc4ccccc4o3)cc2)C1. The van der Waals surface area contributed by atoms with Gasteiger partial charge in [-0.3, -0.25) is 4.79 Å². The standard InChI is InChI=1S/C22H24N2O4S/c1-15-11-16(2)14-24(13-15)29(26,27)19-9-7-18(8-10-19)23-22(25)21-12-17-5-3-4-6-20(17)28-21/h3-10,12,15-16H,11,13-14H2,1-2H3,(H,23,25)/t15-,16+. The summed E-state index contributed by atoms with van der Waals surface area (Å²) in [7, 11) is -3.54. The zero-order valence-electron chi connectivity index (χ0n) is 16.5. The summed E-state index contributed by atoms with van der Waals surface area (Å²) in [6.07, 6.45) is 1.04. The molecule has 1 fully saturated rings. The summed E-state index contributed by atoms with van der Waals surface area (Å²) in [5.74, 6) is 0.515. The van der Waals surface area contributed by atoms with Gasteiger partial charge in [-0.05, 0) is 54.7 Å². The number of benzene rings is 2. The van der Waals surface area contributed by atoms with Crippen molar-refractivity contribution in [2.75, 3.05) is 18.4 Å². The van der Waals surface area contributed by atoms with Crippen molar-refractivity contribution in [2.24, 2.45) is 11.8 Å². The van der Waals surface area contributed by atoms with Crippen molar-refractivity contribution in [1.29, 1.82) is 0 Å². The number of amides is 1. The highest BCUT2D eigenvalue weighted by molar-refractivity contribution is 7.89. The summed E-state index contributed by atoms with van der Waals surface area (Å²) in [5.41, 5.74) is 1.15. The van der Waals surface area contributed by atoms with Crippen LogP contribution in [0.2, 0.25) is 0 Å². The topological polar surface area (TPSA) is 79.6 Å². The molecular formula is C22H24N2O4S. The van der Waals surface area contributed by atoms with Crippen LogP contribution >= 0.6 is 0 Å². The molecule has 1 amide bonds. The van der Waals surface area contributed by atoms with Gasteiger partial charge in [-0.15, -0.1) is 0 Å². The van der Waals surface area contributed by atoms with Gasteiger partial charge in [-0.1, -0.05) is 32.0 Å². The van der Waals surface area contributed by atoms with E-state index in [2.05, 4.69) is 19.2 Å². The highest BCUT2D eigenvalue weighted by Gasteiger charge is 2.31. The van der Waals surface area contributed by atoms with E-state index in [4.69, 9.17) is 4.42 Å². The van der Waals surface area contributed by atoms with Crippen LogP contribution in [0.1, 0.15) is 30.8 Å². The van der Waals surface area contributed by atoms with Crippen LogP contribution in [0.25, 0.3) is 11.0 Å². The number of piperidine rings is 1. The first-order valence-electron chi connectivity index (χ1n) is 9.73. The summed E-state index contributed by atoms with van der Waals surface area (Å²) in [6.45, 7) is 5.23. The molecule has 0 unspecified atom stereocenters. The zero-order chi connectivity index (χ0) is 20.6. The number of carbonyl (C=O) groups is 1. The van der Waals surface area contributed by atoms with Gasteiger partial charge in [0.1, 0.15) is 5.58 Å². The molecule has 1 saturated heterocycles. The van der Waals surface area contributed by atoms with Crippen LogP contribution in [-0.4, -0.2) is 31.7 Å². The third kappa shape index (κ3) is 4.06. The molecule has 7 heteroatoms. The number of rotatable bonds is 4. The quantitative estimate of drug-likeness (QED) is 0.691. The summed E-state index contributed by atoms with van der Waals surface area (Å²) in [6, 6.07) is 15.3. The molecular weight excluding hydrogens is 388 g/mol. The first-order chi connectivity index (χ1) is 13.8. The van der Waals surface area contributed by atoms with Crippen molar-refractivity contribution >= 4 is 32.6 Å². The molecule has 1 aliphatic heterocycles. The van der Waals surface area contributed by atoms with Crippen molar-refractivity contribution in [3.63, 3.8) is 0 Å². The monoisotopic (exact) mass is 412 g/mol. The molecule has 1 aromatic heterocycles. The molecule has 0 spiro atoms. The average molecular weight is 413 g/mol. The fourth-order valence-electron chi connectivity index (χ4n) is 3.95. The largest absolute Gasteiger partial charge is 0.451 e. The van der Waals surface area contributed by atoms with E-state index < -0.39 is 10.0 Å².